The lowest BCUT2D eigenvalue weighted by Gasteiger charge is -2.30. The lowest BCUT2D eigenvalue weighted by molar-refractivity contribution is 0.0706. The molecule has 4 aromatic rings. The summed E-state index contributed by atoms with van der Waals surface area (Å²) < 4.78 is 2.40. The molecule has 3 heterocycles. The number of hydrogen-bond donors (Lipinski definition) is 2. The molecule has 0 unspecified atom stereocenters. The van der Waals surface area contributed by atoms with Gasteiger partial charge in [0.15, 0.2) is 0 Å². The molecule has 5 rings (SSSR count). The fourth-order valence-corrected chi connectivity index (χ4v) is 4.37. The van der Waals surface area contributed by atoms with E-state index in [0.29, 0.717) is 5.56 Å². The predicted octanol–water partition coefficient (Wildman–Crippen LogP) is 3.77. The van der Waals surface area contributed by atoms with Crippen LogP contribution in [-0.4, -0.2) is 27.2 Å². The molecule has 2 aromatic carbocycles. The first kappa shape index (κ1) is 18.4. The largest absolute Gasteiger partial charge is 0.367 e. The van der Waals surface area contributed by atoms with Crippen LogP contribution in [0.25, 0.3) is 10.9 Å². The van der Waals surface area contributed by atoms with Crippen molar-refractivity contribution in [3.05, 3.63) is 95.4 Å². The zero-order valence-corrected chi connectivity index (χ0v) is 16.5. The SMILES string of the molecule is O=C(NO)c1ccc(Cn2c3c(c4ccccc42)CN(c2ccncc2)CC3)cc1. The number of aromatic nitrogens is 2. The van der Waals surface area contributed by atoms with Crippen molar-refractivity contribution in [2.45, 2.75) is 19.5 Å². The van der Waals surface area contributed by atoms with Crippen LogP contribution in [0.2, 0.25) is 0 Å². The number of pyridine rings is 1. The number of para-hydroxylation sites is 1. The van der Waals surface area contributed by atoms with Gasteiger partial charge >= 0.3 is 0 Å². The Hall–Kier alpha value is -3.64. The quantitative estimate of drug-likeness (QED) is 0.406. The van der Waals surface area contributed by atoms with Crippen LogP contribution in [0.4, 0.5) is 5.69 Å². The fraction of sp³-hybridized carbons (Fsp3) is 0.167. The Labute approximate surface area is 174 Å². The van der Waals surface area contributed by atoms with Gasteiger partial charge in [-0.1, -0.05) is 30.3 Å². The second kappa shape index (κ2) is 7.65. The molecular formula is C24H22N4O2. The van der Waals surface area contributed by atoms with E-state index in [4.69, 9.17) is 5.21 Å². The molecule has 0 saturated carbocycles. The molecule has 30 heavy (non-hydrogen) atoms. The average molecular weight is 398 g/mol. The third-order valence-electron chi connectivity index (χ3n) is 5.85. The summed E-state index contributed by atoms with van der Waals surface area (Å²) in [6.07, 6.45) is 4.65. The van der Waals surface area contributed by atoms with Crippen LogP contribution in [-0.2, 0) is 19.5 Å². The minimum absolute atomic E-state index is 0.439. The van der Waals surface area contributed by atoms with Crippen LogP contribution < -0.4 is 10.4 Å². The molecule has 150 valence electrons. The first-order chi connectivity index (χ1) is 14.7. The second-order valence-electron chi connectivity index (χ2n) is 7.54. The Morgan fingerprint density at radius 3 is 2.57 bits per heavy atom. The van der Waals surface area contributed by atoms with E-state index in [-0.39, 0.29) is 0 Å². The van der Waals surface area contributed by atoms with Gasteiger partial charge in [0.25, 0.3) is 5.91 Å². The summed E-state index contributed by atoms with van der Waals surface area (Å²) >= 11 is 0. The van der Waals surface area contributed by atoms with Crippen molar-refractivity contribution in [1.29, 1.82) is 0 Å². The number of nitrogens with one attached hydrogen (secondary N) is 1. The molecule has 0 aliphatic carbocycles. The molecule has 0 radical (unpaired) electrons. The van der Waals surface area contributed by atoms with Crippen molar-refractivity contribution in [3.8, 4) is 0 Å². The van der Waals surface area contributed by atoms with Gasteiger partial charge in [-0.25, -0.2) is 5.48 Å². The summed E-state index contributed by atoms with van der Waals surface area (Å²) in [5.74, 6) is -0.499. The van der Waals surface area contributed by atoms with Gasteiger partial charge in [-0.2, -0.15) is 0 Å². The number of rotatable bonds is 4. The van der Waals surface area contributed by atoms with E-state index >= 15 is 0 Å². The van der Waals surface area contributed by atoms with Crippen LogP contribution >= 0.6 is 0 Å². The highest BCUT2D eigenvalue weighted by atomic mass is 16.5. The standard InChI is InChI=1S/C24H22N4O2/c29-24(26-30)18-7-5-17(6-8-18)15-28-22-4-2-1-3-20(22)21-16-27(14-11-23(21)28)19-9-12-25-13-10-19/h1-10,12-13,30H,11,14-16H2,(H,26,29). The molecule has 0 saturated heterocycles. The van der Waals surface area contributed by atoms with Crippen LogP contribution in [0.5, 0.6) is 0 Å². The molecule has 0 atom stereocenters. The van der Waals surface area contributed by atoms with E-state index in [0.717, 1.165) is 31.6 Å². The van der Waals surface area contributed by atoms with Gasteiger partial charge in [0.1, 0.15) is 0 Å². The minimum Gasteiger partial charge on any atom is -0.367 e. The van der Waals surface area contributed by atoms with Gasteiger partial charge in [-0.3, -0.25) is 15.0 Å². The van der Waals surface area contributed by atoms with Gasteiger partial charge < -0.3 is 9.47 Å². The van der Waals surface area contributed by atoms with E-state index < -0.39 is 5.91 Å². The van der Waals surface area contributed by atoms with Crippen molar-refractivity contribution in [2.75, 3.05) is 11.4 Å². The number of fused-ring (bicyclic) bond motifs is 3. The van der Waals surface area contributed by atoms with Crippen molar-refractivity contribution in [1.82, 2.24) is 15.0 Å². The van der Waals surface area contributed by atoms with Crippen molar-refractivity contribution >= 4 is 22.5 Å². The Bertz CT molecular complexity index is 1200. The third kappa shape index (κ3) is 3.21. The van der Waals surface area contributed by atoms with Crippen LogP contribution in [0.3, 0.4) is 0 Å². The number of amides is 1. The minimum atomic E-state index is -0.499. The first-order valence-electron chi connectivity index (χ1n) is 10.0. The van der Waals surface area contributed by atoms with Crippen molar-refractivity contribution < 1.29 is 10.0 Å². The Kier molecular flexibility index (Phi) is 4.69. The number of carbonyl (C=O) groups excluding carboxylic acids is 1. The summed E-state index contributed by atoms with van der Waals surface area (Å²) in [4.78, 5) is 18.1. The number of nitrogens with zero attached hydrogens (tertiary/aromatic N) is 3. The number of anilines is 1. The molecule has 0 spiro atoms. The molecule has 6 nitrogen and oxygen atoms in total. The summed E-state index contributed by atoms with van der Waals surface area (Å²) in [7, 11) is 0. The summed E-state index contributed by atoms with van der Waals surface area (Å²) in [6.45, 7) is 2.58. The smallest absolute Gasteiger partial charge is 0.274 e. The third-order valence-corrected chi connectivity index (χ3v) is 5.85. The van der Waals surface area contributed by atoms with Crippen LogP contribution in [0, 0.1) is 0 Å². The summed E-state index contributed by atoms with van der Waals surface area (Å²) in [5, 5.41) is 10.1. The van der Waals surface area contributed by atoms with E-state index in [1.54, 1.807) is 17.6 Å². The normalized spacial score (nSPS) is 13.3. The molecule has 6 heteroatoms. The molecule has 0 fully saturated rings. The maximum absolute atomic E-state index is 11.6. The highest BCUT2D eigenvalue weighted by Gasteiger charge is 2.24. The average Bonchev–Trinajstić information content (AvgIpc) is 3.12. The molecule has 0 bridgehead atoms. The van der Waals surface area contributed by atoms with Gasteiger partial charge in [0, 0.05) is 71.9 Å². The lowest BCUT2D eigenvalue weighted by atomic mass is 10.0. The number of benzene rings is 2. The molecular weight excluding hydrogens is 376 g/mol. The van der Waals surface area contributed by atoms with Gasteiger partial charge in [-0.05, 0) is 35.9 Å². The molecule has 1 aliphatic heterocycles. The fourth-order valence-electron chi connectivity index (χ4n) is 4.37. The number of hydroxylamine groups is 1. The maximum Gasteiger partial charge on any atom is 0.274 e. The summed E-state index contributed by atoms with van der Waals surface area (Å²) in [6, 6.07) is 20.1. The molecule has 2 N–H and O–H groups in total. The first-order valence-corrected chi connectivity index (χ1v) is 10.0. The summed E-state index contributed by atoms with van der Waals surface area (Å²) in [5.41, 5.74) is 8.42. The van der Waals surface area contributed by atoms with E-state index in [2.05, 4.69) is 50.8 Å². The van der Waals surface area contributed by atoms with E-state index in [9.17, 15) is 4.79 Å². The van der Waals surface area contributed by atoms with Crippen LogP contribution in [0.1, 0.15) is 27.2 Å². The monoisotopic (exact) mass is 398 g/mol. The van der Waals surface area contributed by atoms with Crippen molar-refractivity contribution in [3.63, 3.8) is 0 Å². The van der Waals surface area contributed by atoms with Crippen LogP contribution in [0.15, 0.2) is 73.1 Å². The predicted molar refractivity (Wildman–Crippen MR) is 116 cm³/mol. The molecule has 2 aromatic heterocycles. The van der Waals surface area contributed by atoms with E-state index in [1.807, 2.05) is 24.5 Å². The van der Waals surface area contributed by atoms with Gasteiger partial charge in [-0.15, -0.1) is 0 Å². The van der Waals surface area contributed by atoms with Gasteiger partial charge in [0.2, 0.25) is 0 Å². The van der Waals surface area contributed by atoms with Crippen molar-refractivity contribution in [2.24, 2.45) is 0 Å². The lowest BCUT2D eigenvalue weighted by Crippen LogP contribution is -2.31. The second-order valence-corrected chi connectivity index (χ2v) is 7.54. The highest BCUT2D eigenvalue weighted by Crippen LogP contribution is 2.33. The number of carbonyl (C=O) groups is 1. The zero-order chi connectivity index (χ0) is 20.5. The Balaban J connectivity index is 1.51. The zero-order valence-electron chi connectivity index (χ0n) is 16.5. The highest BCUT2D eigenvalue weighted by molar-refractivity contribution is 5.93. The topological polar surface area (TPSA) is 70.4 Å². The number of hydrogen-bond acceptors (Lipinski definition) is 4. The Morgan fingerprint density at radius 2 is 1.80 bits per heavy atom. The van der Waals surface area contributed by atoms with E-state index in [1.165, 1.54) is 27.8 Å². The maximum atomic E-state index is 11.6. The molecule has 1 amide bonds. The Morgan fingerprint density at radius 1 is 1.03 bits per heavy atom. The van der Waals surface area contributed by atoms with Gasteiger partial charge in [0.05, 0.1) is 0 Å². The molecule has 1 aliphatic rings.